The summed E-state index contributed by atoms with van der Waals surface area (Å²) in [6.07, 6.45) is 0. The van der Waals surface area contributed by atoms with Crippen molar-refractivity contribution in [3.8, 4) is 11.8 Å². The highest BCUT2D eigenvalue weighted by Gasteiger charge is 2.05. The van der Waals surface area contributed by atoms with Gasteiger partial charge in [0.15, 0.2) is 6.61 Å². The maximum Gasteiger partial charge on any atom is 0.269 e. The monoisotopic (exact) mass is 283 g/mol. The van der Waals surface area contributed by atoms with Crippen molar-refractivity contribution in [3.63, 3.8) is 0 Å². The van der Waals surface area contributed by atoms with Gasteiger partial charge in [-0.2, -0.15) is 5.26 Å². The normalized spacial score (nSPS) is 9.67. The number of benzene rings is 2. The molecule has 0 spiro atoms. The summed E-state index contributed by atoms with van der Waals surface area (Å²) in [6, 6.07) is 15.5. The lowest BCUT2D eigenvalue weighted by Crippen LogP contribution is -2.00. The molecule has 0 amide bonds. The molecule has 0 aliphatic rings. The number of hydrogen-bond donors (Lipinski definition) is 1. The Labute approximate surface area is 121 Å². The Morgan fingerprint density at radius 2 is 2.00 bits per heavy atom. The molecular weight excluding hydrogens is 270 g/mol. The third-order valence-electron chi connectivity index (χ3n) is 2.78. The lowest BCUT2D eigenvalue weighted by atomic mass is 10.2. The molecule has 21 heavy (non-hydrogen) atoms. The molecule has 0 heterocycles. The first-order valence-electron chi connectivity index (χ1n) is 6.26. The Bertz CT molecular complexity index is 663. The van der Waals surface area contributed by atoms with Crippen LogP contribution in [-0.4, -0.2) is 11.5 Å². The first kappa shape index (κ1) is 14.3. The molecule has 0 atom stereocenters. The molecule has 6 heteroatoms. The first-order chi connectivity index (χ1) is 10.2. The second-order valence-corrected chi connectivity index (χ2v) is 4.25. The zero-order valence-corrected chi connectivity index (χ0v) is 11.2. The molecule has 6 nitrogen and oxygen atoms in total. The SMILES string of the molecule is N#CCOc1ccc(NCc2cccc([N+](=O)[O-])c2)cc1. The Morgan fingerprint density at radius 3 is 2.67 bits per heavy atom. The van der Waals surface area contributed by atoms with E-state index in [1.165, 1.54) is 12.1 Å². The number of nitrogens with zero attached hydrogens (tertiary/aromatic N) is 2. The predicted molar refractivity (Wildman–Crippen MR) is 78.0 cm³/mol. The smallest absolute Gasteiger partial charge is 0.269 e. The third kappa shape index (κ3) is 4.21. The highest BCUT2D eigenvalue weighted by atomic mass is 16.6. The summed E-state index contributed by atoms with van der Waals surface area (Å²) in [5.41, 5.74) is 1.77. The molecule has 106 valence electrons. The largest absolute Gasteiger partial charge is 0.479 e. The van der Waals surface area contributed by atoms with Crippen molar-refractivity contribution in [1.29, 1.82) is 5.26 Å². The van der Waals surface area contributed by atoms with E-state index in [4.69, 9.17) is 10.00 Å². The third-order valence-corrected chi connectivity index (χ3v) is 2.78. The molecular formula is C15H13N3O3. The second-order valence-electron chi connectivity index (χ2n) is 4.25. The van der Waals surface area contributed by atoms with Crippen molar-refractivity contribution in [3.05, 3.63) is 64.2 Å². The molecule has 2 aromatic carbocycles. The molecule has 1 N–H and O–H groups in total. The minimum atomic E-state index is -0.412. The molecule has 0 unspecified atom stereocenters. The molecule has 2 aromatic rings. The fourth-order valence-corrected chi connectivity index (χ4v) is 1.77. The van der Waals surface area contributed by atoms with Gasteiger partial charge in [-0.05, 0) is 29.8 Å². The maximum absolute atomic E-state index is 10.7. The van der Waals surface area contributed by atoms with Crippen LogP contribution in [0.4, 0.5) is 11.4 Å². The number of nitriles is 1. The van der Waals surface area contributed by atoms with Gasteiger partial charge in [0.2, 0.25) is 0 Å². The zero-order chi connectivity index (χ0) is 15.1. The van der Waals surface area contributed by atoms with Crippen molar-refractivity contribution < 1.29 is 9.66 Å². The lowest BCUT2D eigenvalue weighted by Gasteiger charge is -2.07. The molecule has 0 aromatic heterocycles. The Morgan fingerprint density at radius 1 is 1.24 bits per heavy atom. The number of hydrogen-bond acceptors (Lipinski definition) is 5. The number of nitro benzene ring substituents is 1. The number of anilines is 1. The van der Waals surface area contributed by atoms with E-state index in [1.54, 1.807) is 18.2 Å². The average molecular weight is 283 g/mol. The maximum atomic E-state index is 10.7. The molecule has 0 saturated heterocycles. The van der Waals surface area contributed by atoms with Crippen molar-refractivity contribution in [2.24, 2.45) is 0 Å². The fourth-order valence-electron chi connectivity index (χ4n) is 1.77. The highest BCUT2D eigenvalue weighted by Crippen LogP contribution is 2.18. The van der Waals surface area contributed by atoms with Crippen LogP contribution in [0.15, 0.2) is 48.5 Å². The highest BCUT2D eigenvalue weighted by molar-refractivity contribution is 5.47. The van der Waals surface area contributed by atoms with Crippen LogP contribution in [0.25, 0.3) is 0 Å². The Balaban J connectivity index is 1.95. The summed E-state index contributed by atoms with van der Waals surface area (Å²) in [4.78, 5) is 10.3. The van der Waals surface area contributed by atoms with Gasteiger partial charge in [-0.3, -0.25) is 10.1 Å². The number of ether oxygens (including phenoxy) is 1. The van der Waals surface area contributed by atoms with Crippen LogP contribution in [0.2, 0.25) is 0 Å². The summed E-state index contributed by atoms with van der Waals surface area (Å²) >= 11 is 0. The Hall–Kier alpha value is -3.07. The van der Waals surface area contributed by atoms with Crippen molar-refractivity contribution in [1.82, 2.24) is 0 Å². The van der Waals surface area contributed by atoms with Crippen molar-refractivity contribution in [2.75, 3.05) is 11.9 Å². The van der Waals surface area contributed by atoms with Gasteiger partial charge in [0.1, 0.15) is 11.8 Å². The zero-order valence-electron chi connectivity index (χ0n) is 11.2. The molecule has 0 radical (unpaired) electrons. The quantitative estimate of drug-likeness (QED) is 0.650. The topological polar surface area (TPSA) is 88.2 Å². The summed E-state index contributed by atoms with van der Waals surface area (Å²) in [5, 5.41) is 22.3. The van der Waals surface area contributed by atoms with Crippen LogP contribution < -0.4 is 10.1 Å². The van der Waals surface area contributed by atoms with Crippen LogP contribution in [-0.2, 0) is 6.54 Å². The second kappa shape index (κ2) is 6.91. The van der Waals surface area contributed by atoms with Crippen LogP contribution in [0.5, 0.6) is 5.75 Å². The van der Waals surface area contributed by atoms with E-state index in [0.29, 0.717) is 12.3 Å². The van der Waals surface area contributed by atoms with Crippen LogP contribution in [0.3, 0.4) is 0 Å². The van der Waals surface area contributed by atoms with E-state index in [-0.39, 0.29) is 12.3 Å². The minimum absolute atomic E-state index is 0.0143. The lowest BCUT2D eigenvalue weighted by molar-refractivity contribution is -0.384. The standard InChI is InChI=1S/C15H13N3O3/c16-8-9-21-15-6-4-13(5-7-15)17-11-12-2-1-3-14(10-12)18(19)20/h1-7,10,17H,9,11H2. The Kier molecular flexibility index (Phi) is 4.72. The van der Waals surface area contributed by atoms with Gasteiger partial charge in [-0.15, -0.1) is 0 Å². The average Bonchev–Trinajstić information content (AvgIpc) is 2.52. The summed E-state index contributed by atoms with van der Waals surface area (Å²) < 4.78 is 5.15. The molecule has 0 bridgehead atoms. The van der Waals surface area contributed by atoms with E-state index in [0.717, 1.165) is 11.3 Å². The van der Waals surface area contributed by atoms with Gasteiger partial charge in [0.25, 0.3) is 5.69 Å². The van der Waals surface area contributed by atoms with Gasteiger partial charge in [-0.25, -0.2) is 0 Å². The summed E-state index contributed by atoms with van der Waals surface area (Å²) in [6.45, 7) is 0.501. The molecule has 0 aliphatic carbocycles. The summed E-state index contributed by atoms with van der Waals surface area (Å²) in [7, 11) is 0. The van der Waals surface area contributed by atoms with Gasteiger partial charge in [0.05, 0.1) is 4.92 Å². The predicted octanol–water partition coefficient (Wildman–Crippen LogP) is 3.11. The fraction of sp³-hybridized carbons (Fsp3) is 0.133. The van der Waals surface area contributed by atoms with Gasteiger partial charge < -0.3 is 10.1 Å². The van der Waals surface area contributed by atoms with Crippen LogP contribution >= 0.6 is 0 Å². The molecule has 0 fully saturated rings. The van der Waals surface area contributed by atoms with Gasteiger partial charge in [0, 0.05) is 24.4 Å². The van der Waals surface area contributed by atoms with Gasteiger partial charge in [-0.1, -0.05) is 12.1 Å². The molecule has 0 aliphatic heterocycles. The molecule has 0 saturated carbocycles. The van der Waals surface area contributed by atoms with E-state index < -0.39 is 4.92 Å². The number of non-ortho nitro benzene ring substituents is 1. The number of nitrogens with one attached hydrogen (secondary N) is 1. The van der Waals surface area contributed by atoms with E-state index in [9.17, 15) is 10.1 Å². The first-order valence-corrected chi connectivity index (χ1v) is 6.26. The number of nitro groups is 1. The summed E-state index contributed by atoms with van der Waals surface area (Å²) in [5.74, 6) is 0.623. The van der Waals surface area contributed by atoms with E-state index >= 15 is 0 Å². The molecule has 2 rings (SSSR count). The van der Waals surface area contributed by atoms with Crippen LogP contribution in [0, 0.1) is 21.4 Å². The van der Waals surface area contributed by atoms with Crippen LogP contribution in [0.1, 0.15) is 5.56 Å². The van der Waals surface area contributed by atoms with Crippen molar-refractivity contribution in [2.45, 2.75) is 6.54 Å². The van der Waals surface area contributed by atoms with Gasteiger partial charge >= 0.3 is 0 Å². The van der Waals surface area contributed by atoms with E-state index in [1.807, 2.05) is 24.3 Å². The number of rotatable bonds is 6. The van der Waals surface area contributed by atoms with E-state index in [2.05, 4.69) is 5.32 Å². The minimum Gasteiger partial charge on any atom is -0.479 e. The van der Waals surface area contributed by atoms with Crippen molar-refractivity contribution >= 4 is 11.4 Å².